The molecule has 0 aromatic heterocycles. The summed E-state index contributed by atoms with van der Waals surface area (Å²) in [6, 6.07) is 7.91. The second kappa shape index (κ2) is 4.71. The maximum absolute atomic E-state index is 6.35. The van der Waals surface area contributed by atoms with Gasteiger partial charge in [0.1, 0.15) is 0 Å². The van der Waals surface area contributed by atoms with Crippen molar-refractivity contribution in [2.24, 2.45) is 16.6 Å². The Hall–Kier alpha value is -1.22. The number of nitrogens with two attached hydrogens (primary N) is 1. The second-order valence-electron chi connectivity index (χ2n) is 5.70. The highest BCUT2D eigenvalue weighted by Gasteiger charge is 2.48. The molecule has 2 atom stereocenters. The van der Waals surface area contributed by atoms with Crippen molar-refractivity contribution < 1.29 is 0 Å². The molecule has 19 heavy (non-hydrogen) atoms. The topological polar surface area (TPSA) is 41.6 Å². The van der Waals surface area contributed by atoms with Gasteiger partial charge in [0.25, 0.3) is 0 Å². The fourth-order valence-electron chi connectivity index (χ4n) is 3.53. The molecule has 1 heterocycles. The lowest BCUT2D eigenvalue weighted by Crippen LogP contribution is -2.50. The predicted octanol–water partition coefficient (Wildman–Crippen LogP) is 3.42. The highest BCUT2D eigenvalue weighted by molar-refractivity contribution is 6.34. The Balaban J connectivity index is 1.98. The van der Waals surface area contributed by atoms with E-state index in [2.05, 4.69) is 16.8 Å². The highest BCUT2D eigenvalue weighted by Crippen LogP contribution is 2.46. The van der Waals surface area contributed by atoms with Crippen LogP contribution in [0, 0.1) is 5.92 Å². The number of aliphatic imine (C=N–C) groups is 1. The Morgan fingerprint density at radius 3 is 2.95 bits per heavy atom. The normalized spacial score (nSPS) is 30.1. The largest absolute Gasteiger partial charge is 0.369 e. The van der Waals surface area contributed by atoms with Gasteiger partial charge >= 0.3 is 0 Å². The monoisotopic (exact) mass is 277 g/mol. The van der Waals surface area contributed by atoms with E-state index in [9.17, 15) is 0 Å². The van der Waals surface area contributed by atoms with E-state index in [4.69, 9.17) is 17.3 Å². The van der Waals surface area contributed by atoms with Crippen molar-refractivity contribution in [3.8, 4) is 0 Å². The molecule has 4 heteroatoms. The number of guanidine groups is 1. The summed E-state index contributed by atoms with van der Waals surface area (Å²) in [5, 5.41) is 0.752. The summed E-state index contributed by atoms with van der Waals surface area (Å²) in [5.41, 5.74) is 7.20. The standard InChI is InChI=1S/C15H20ClN3/c1-2-11-7-8-15(9-11)10-18-14(17)19(15)13-6-4-3-5-12(13)16/h3-6,11H,2,7-10H2,1H3,(H2,17,18). The number of rotatable bonds is 2. The van der Waals surface area contributed by atoms with E-state index in [0.29, 0.717) is 5.96 Å². The Morgan fingerprint density at radius 2 is 2.26 bits per heavy atom. The highest BCUT2D eigenvalue weighted by atomic mass is 35.5. The molecule has 1 aromatic rings. The van der Waals surface area contributed by atoms with Gasteiger partial charge in [0.05, 0.1) is 22.8 Å². The molecule has 3 nitrogen and oxygen atoms in total. The number of anilines is 1. The Labute approximate surface area is 119 Å². The van der Waals surface area contributed by atoms with Gasteiger partial charge in [-0.05, 0) is 37.3 Å². The van der Waals surface area contributed by atoms with Gasteiger partial charge < -0.3 is 10.6 Å². The predicted molar refractivity (Wildman–Crippen MR) is 80.8 cm³/mol. The van der Waals surface area contributed by atoms with E-state index >= 15 is 0 Å². The van der Waals surface area contributed by atoms with Gasteiger partial charge in [-0.3, -0.25) is 4.99 Å². The molecular formula is C15H20ClN3. The van der Waals surface area contributed by atoms with Gasteiger partial charge in [0.2, 0.25) is 0 Å². The van der Waals surface area contributed by atoms with Crippen LogP contribution in [0.15, 0.2) is 29.3 Å². The van der Waals surface area contributed by atoms with Crippen LogP contribution >= 0.6 is 11.6 Å². The molecule has 1 aromatic carbocycles. The molecule has 102 valence electrons. The van der Waals surface area contributed by atoms with Crippen molar-refractivity contribution in [1.29, 1.82) is 0 Å². The van der Waals surface area contributed by atoms with Crippen molar-refractivity contribution in [2.45, 2.75) is 38.1 Å². The van der Waals surface area contributed by atoms with Crippen LogP contribution in [-0.4, -0.2) is 18.0 Å². The molecule has 3 rings (SSSR count). The van der Waals surface area contributed by atoms with E-state index < -0.39 is 0 Å². The molecule has 1 fully saturated rings. The molecule has 1 spiro atoms. The zero-order chi connectivity index (χ0) is 13.5. The van der Waals surface area contributed by atoms with Crippen LogP contribution in [0.25, 0.3) is 0 Å². The first-order valence-corrected chi connectivity index (χ1v) is 7.39. The Morgan fingerprint density at radius 1 is 1.47 bits per heavy atom. The van der Waals surface area contributed by atoms with Crippen molar-refractivity contribution in [3.63, 3.8) is 0 Å². The van der Waals surface area contributed by atoms with Crippen molar-refractivity contribution in [1.82, 2.24) is 0 Å². The maximum Gasteiger partial charge on any atom is 0.196 e. The number of benzene rings is 1. The van der Waals surface area contributed by atoms with Crippen molar-refractivity contribution >= 4 is 23.2 Å². The van der Waals surface area contributed by atoms with Crippen LogP contribution in [0.1, 0.15) is 32.6 Å². The lowest BCUT2D eigenvalue weighted by atomic mass is 9.93. The molecule has 1 saturated carbocycles. The maximum atomic E-state index is 6.35. The quantitative estimate of drug-likeness (QED) is 0.900. The smallest absolute Gasteiger partial charge is 0.196 e. The fourth-order valence-corrected chi connectivity index (χ4v) is 3.75. The third kappa shape index (κ3) is 2.00. The zero-order valence-electron chi connectivity index (χ0n) is 11.3. The average molecular weight is 278 g/mol. The molecule has 2 aliphatic rings. The van der Waals surface area contributed by atoms with Crippen LogP contribution in [-0.2, 0) is 0 Å². The molecule has 0 saturated heterocycles. The summed E-state index contributed by atoms with van der Waals surface area (Å²) in [6.07, 6.45) is 4.82. The summed E-state index contributed by atoms with van der Waals surface area (Å²) in [4.78, 5) is 6.69. The van der Waals surface area contributed by atoms with Crippen molar-refractivity contribution in [2.75, 3.05) is 11.4 Å². The number of hydrogen-bond donors (Lipinski definition) is 1. The van der Waals surface area contributed by atoms with Crippen LogP contribution in [0.3, 0.4) is 0 Å². The third-order valence-electron chi connectivity index (χ3n) is 4.60. The number of hydrogen-bond acceptors (Lipinski definition) is 3. The van der Waals surface area contributed by atoms with Crippen LogP contribution in [0.5, 0.6) is 0 Å². The SMILES string of the molecule is CCC1CCC2(CN=C(N)N2c2ccccc2Cl)C1. The van der Waals surface area contributed by atoms with E-state index in [-0.39, 0.29) is 5.54 Å². The van der Waals surface area contributed by atoms with Crippen LogP contribution < -0.4 is 10.6 Å². The Kier molecular flexibility index (Phi) is 3.17. The van der Waals surface area contributed by atoms with E-state index in [1.54, 1.807) is 0 Å². The summed E-state index contributed by atoms with van der Waals surface area (Å²) in [5.74, 6) is 1.40. The summed E-state index contributed by atoms with van der Waals surface area (Å²) < 4.78 is 0. The van der Waals surface area contributed by atoms with E-state index in [1.807, 2.05) is 24.3 Å². The van der Waals surface area contributed by atoms with E-state index in [1.165, 1.54) is 19.3 Å². The van der Waals surface area contributed by atoms with Gasteiger partial charge in [0, 0.05) is 0 Å². The van der Waals surface area contributed by atoms with Crippen LogP contribution in [0.2, 0.25) is 5.02 Å². The first-order chi connectivity index (χ1) is 9.16. The zero-order valence-corrected chi connectivity index (χ0v) is 12.0. The first-order valence-electron chi connectivity index (χ1n) is 7.01. The minimum absolute atomic E-state index is 0.0652. The third-order valence-corrected chi connectivity index (χ3v) is 4.92. The lowest BCUT2D eigenvalue weighted by molar-refractivity contribution is 0.435. The van der Waals surface area contributed by atoms with Crippen molar-refractivity contribution in [3.05, 3.63) is 29.3 Å². The summed E-state index contributed by atoms with van der Waals surface area (Å²) in [6.45, 7) is 3.07. The molecule has 2 unspecified atom stereocenters. The second-order valence-corrected chi connectivity index (χ2v) is 6.11. The van der Waals surface area contributed by atoms with Gasteiger partial charge in [-0.2, -0.15) is 0 Å². The molecule has 0 amide bonds. The van der Waals surface area contributed by atoms with Gasteiger partial charge in [-0.15, -0.1) is 0 Å². The molecule has 1 aliphatic heterocycles. The number of para-hydroxylation sites is 1. The van der Waals surface area contributed by atoms with Gasteiger partial charge in [-0.25, -0.2) is 0 Å². The number of nitrogens with zero attached hydrogens (tertiary/aromatic N) is 2. The minimum Gasteiger partial charge on any atom is -0.369 e. The average Bonchev–Trinajstić information content (AvgIpc) is 2.97. The molecular weight excluding hydrogens is 258 g/mol. The lowest BCUT2D eigenvalue weighted by Gasteiger charge is -2.36. The number of halogens is 1. The first kappa shape index (κ1) is 12.8. The van der Waals surface area contributed by atoms with Crippen LogP contribution in [0.4, 0.5) is 5.69 Å². The van der Waals surface area contributed by atoms with Gasteiger partial charge in [0.15, 0.2) is 5.96 Å². The molecule has 0 bridgehead atoms. The molecule has 1 aliphatic carbocycles. The molecule has 0 radical (unpaired) electrons. The minimum atomic E-state index is 0.0652. The van der Waals surface area contributed by atoms with E-state index in [0.717, 1.165) is 29.6 Å². The summed E-state index contributed by atoms with van der Waals surface area (Å²) in [7, 11) is 0. The fraction of sp³-hybridized carbons (Fsp3) is 0.533. The summed E-state index contributed by atoms with van der Waals surface area (Å²) >= 11 is 6.35. The Bertz CT molecular complexity index is 514. The molecule has 2 N–H and O–H groups in total. The van der Waals surface area contributed by atoms with Gasteiger partial charge in [-0.1, -0.05) is 37.1 Å².